The molecule has 2 nitrogen and oxygen atoms in total. The van der Waals surface area contributed by atoms with Crippen LogP contribution in [0.4, 0.5) is 20.2 Å². The van der Waals surface area contributed by atoms with E-state index in [0.29, 0.717) is 10.2 Å². The van der Waals surface area contributed by atoms with Crippen molar-refractivity contribution in [1.82, 2.24) is 0 Å². The van der Waals surface area contributed by atoms with Crippen LogP contribution in [0.3, 0.4) is 0 Å². The maximum Gasteiger partial charge on any atom is 0.147 e. The van der Waals surface area contributed by atoms with Crippen molar-refractivity contribution in [2.75, 3.05) is 5.32 Å². The van der Waals surface area contributed by atoms with Gasteiger partial charge in [0.1, 0.15) is 11.6 Å². The summed E-state index contributed by atoms with van der Waals surface area (Å²) in [6.45, 7) is 0. The van der Waals surface area contributed by atoms with E-state index in [1.807, 2.05) is 6.07 Å². The summed E-state index contributed by atoms with van der Waals surface area (Å²) >= 11 is 3.15. The third-order valence-corrected chi connectivity index (χ3v) is 2.73. The molecule has 2 aromatic carbocycles. The Kier molecular flexibility index (Phi) is 3.58. The van der Waals surface area contributed by atoms with Crippen molar-refractivity contribution in [3.05, 3.63) is 58.1 Å². The normalized spacial score (nSPS) is 9.89. The highest BCUT2D eigenvalue weighted by Gasteiger charge is 2.05. The molecule has 18 heavy (non-hydrogen) atoms. The Balaban J connectivity index is 2.34. The number of nitrogens with zero attached hydrogens (tertiary/aromatic N) is 1. The standard InChI is InChI=1S/C13H7BrF2N2/c14-9-1-2-13(12(16)5-9)18-11-4-8(7-17)3-10(15)6-11/h1-6,18H. The summed E-state index contributed by atoms with van der Waals surface area (Å²) in [4.78, 5) is 0. The van der Waals surface area contributed by atoms with E-state index in [9.17, 15) is 8.78 Å². The zero-order chi connectivity index (χ0) is 13.1. The number of halogens is 3. The molecule has 0 saturated heterocycles. The minimum absolute atomic E-state index is 0.176. The molecule has 0 amide bonds. The van der Waals surface area contributed by atoms with Gasteiger partial charge in [-0.2, -0.15) is 5.26 Å². The average molecular weight is 309 g/mol. The van der Waals surface area contributed by atoms with Gasteiger partial charge in [0.15, 0.2) is 0 Å². The van der Waals surface area contributed by atoms with Gasteiger partial charge in [-0.3, -0.25) is 0 Å². The molecular formula is C13H7BrF2N2. The lowest BCUT2D eigenvalue weighted by atomic mass is 10.2. The molecule has 0 aromatic heterocycles. The van der Waals surface area contributed by atoms with E-state index in [0.717, 1.165) is 6.07 Å². The minimum Gasteiger partial charge on any atom is -0.353 e. The van der Waals surface area contributed by atoms with E-state index >= 15 is 0 Å². The summed E-state index contributed by atoms with van der Waals surface area (Å²) in [7, 11) is 0. The Bertz CT molecular complexity index is 635. The van der Waals surface area contributed by atoms with Crippen molar-refractivity contribution in [2.24, 2.45) is 0 Å². The van der Waals surface area contributed by atoms with Gasteiger partial charge in [-0.1, -0.05) is 15.9 Å². The zero-order valence-corrected chi connectivity index (χ0v) is 10.6. The predicted molar refractivity (Wildman–Crippen MR) is 68.5 cm³/mol. The topological polar surface area (TPSA) is 35.8 Å². The Morgan fingerprint density at radius 1 is 1.11 bits per heavy atom. The maximum absolute atomic E-state index is 13.6. The Morgan fingerprint density at radius 2 is 1.89 bits per heavy atom. The van der Waals surface area contributed by atoms with Gasteiger partial charge in [-0.15, -0.1) is 0 Å². The number of hydrogen-bond acceptors (Lipinski definition) is 2. The van der Waals surface area contributed by atoms with E-state index in [1.54, 1.807) is 6.07 Å². The van der Waals surface area contributed by atoms with Gasteiger partial charge >= 0.3 is 0 Å². The highest BCUT2D eigenvalue weighted by molar-refractivity contribution is 9.10. The fourth-order valence-corrected chi connectivity index (χ4v) is 1.81. The van der Waals surface area contributed by atoms with Crippen LogP contribution in [0.25, 0.3) is 0 Å². The first kappa shape index (κ1) is 12.5. The SMILES string of the molecule is N#Cc1cc(F)cc(Nc2ccc(Br)cc2F)c1. The first-order valence-electron chi connectivity index (χ1n) is 5.01. The molecule has 0 spiro atoms. The molecule has 0 saturated carbocycles. The second-order valence-corrected chi connectivity index (χ2v) is 4.51. The van der Waals surface area contributed by atoms with E-state index in [4.69, 9.17) is 5.26 Å². The quantitative estimate of drug-likeness (QED) is 0.895. The fraction of sp³-hybridized carbons (Fsp3) is 0. The monoisotopic (exact) mass is 308 g/mol. The highest BCUT2D eigenvalue weighted by atomic mass is 79.9. The lowest BCUT2D eigenvalue weighted by Gasteiger charge is -2.08. The largest absolute Gasteiger partial charge is 0.353 e. The lowest BCUT2D eigenvalue weighted by Crippen LogP contribution is -1.95. The van der Waals surface area contributed by atoms with Crippen LogP contribution in [0.5, 0.6) is 0 Å². The molecule has 2 rings (SSSR count). The molecule has 0 atom stereocenters. The molecule has 0 heterocycles. The van der Waals surface area contributed by atoms with Crippen molar-refractivity contribution >= 4 is 27.3 Å². The molecule has 1 N–H and O–H groups in total. The first-order chi connectivity index (χ1) is 8.58. The van der Waals surface area contributed by atoms with Gasteiger partial charge in [0, 0.05) is 10.2 Å². The zero-order valence-electron chi connectivity index (χ0n) is 9.05. The number of nitrogens with one attached hydrogen (secondary N) is 1. The Labute approximate surface area is 111 Å². The van der Waals surface area contributed by atoms with Gasteiger partial charge in [0.05, 0.1) is 17.3 Å². The lowest BCUT2D eigenvalue weighted by molar-refractivity contribution is 0.626. The summed E-state index contributed by atoms with van der Waals surface area (Å²) < 4.78 is 27.4. The minimum atomic E-state index is -0.547. The fourth-order valence-electron chi connectivity index (χ4n) is 1.47. The average Bonchev–Trinajstić information content (AvgIpc) is 2.32. The van der Waals surface area contributed by atoms with Gasteiger partial charge in [0.25, 0.3) is 0 Å². The van der Waals surface area contributed by atoms with E-state index in [1.165, 1.54) is 24.3 Å². The van der Waals surface area contributed by atoms with Crippen LogP contribution in [0.1, 0.15) is 5.56 Å². The Hall–Kier alpha value is -1.93. The predicted octanol–water partition coefficient (Wildman–Crippen LogP) is 4.34. The molecule has 0 fully saturated rings. The van der Waals surface area contributed by atoms with Gasteiger partial charge in [-0.05, 0) is 36.4 Å². The van der Waals surface area contributed by atoms with Crippen molar-refractivity contribution in [2.45, 2.75) is 0 Å². The second kappa shape index (κ2) is 5.15. The molecule has 5 heteroatoms. The second-order valence-electron chi connectivity index (χ2n) is 3.59. The molecule has 90 valence electrons. The molecular weight excluding hydrogens is 302 g/mol. The van der Waals surface area contributed by atoms with Crippen LogP contribution >= 0.6 is 15.9 Å². The Morgan fingerprint density at radius 3 is 2.56 bits per heavy atom. The van der Waals surface area contributed by atoms with Crippen LogP contribution in [-0.2, 0) is 0 Å². The number of benzene rings is 2. The molecule has 2 aromatic rings. The van der Waals surface area contributed by atoms with E-state index in [2.05, 4.69) is 21.2 Å². The van der Waals surface area contributed by atoms with E-state index < -0.39 is 11.6 Å². The molecule has 0 bridgehead atoms. The van der Waals surface area contributed by atoms with Crippen LogP contribution in [0, 0.1) is 23.0 Å². The number of nitriles is 1. The third kappa shape index (κ3) is 2.84. The van der Waals surface area contributed by atoms with Crippen LogP contribution < -0.4 is 5.32 Å². The van der Waals surface area contributed by atoms with Crippen molar-refractivity contribution in [3.63, 3.8) is 0 Å². The van der Waals surface area contributed by atoms with Crippen molar-refractivity contribution < 1.29 is 8.78 Å². The van der Waals surface area contributed by atoms with Crippen LogP contribution in [-0.4, -0.2) is 0 Å². The summed E-state index contributed by atoms with van der Waals surface area (Å²) in [5.41, 5.74) is 0.718. The number of hydrogen-bond donors (Lipinski definition) is 1. The van der Waals surface area contributed by atoms with Crippen molar-refractivity contribution in [3.8, 4) is 6.07 Å². The first-order valence-corrected chi connectivity index (χ1v) is 5.80. The van der Waals surface area contributed by atoms with Crippen molar-refractivity contribution in [1.29, 1.82) is 5.26 Å². The van der Waals surface area contributed by atoms with Gasteiger partial charge in [-0.25, -0.2) is 8.78 Å². The van der Waals surface area contributed by atoms with Gasteiger partial charge < -0.3 is 5.32 Å². The number of rotatable bonds is 2. The summed E-state index contributed by atoms with van der Waals surface area (Å²) in [6, 6.07) is 10.1. The van der Waals surface area contributed by atoms with Gasteiger partial charge in [0.2, 0.25) is 0 Å². The molecule has 0 aliphatic heterocycles. The molecule has 0 unspecified atom stereocenters. The molecule has 0 aliphatic rings. The third-order valence-electron chi connectivity index (χ3n) is 2.24. The van der Waals surface area contributed by atoms with Crippen LogP contribution in [0.15, 0.2) is 40.9 Å². The summed E-state index contributed by atoms with van der Waals surface area (Å²) in [5, 5.41) is 11.4. The molecule has 0 aliphatic carbocycles. The smallest absolute Gasteiger partial charge is 0.147 e. The summed E-state index contributed by atoms with van der Waals surface area (Å²) in [6.07, 6.45) is 0. The number of anilines is 2. The van der Waals surface area contributed by atoms with E-state index in [-0.39, 0.29) is 11.3 Å². The maximum atomic E-state index is 13.6. The van der Waals surface area contributed by atoms with Crippen LogP contribution in [0.2, 0.25) is 0 Å². The summed E-state index contributed by atoms with van der Waals surface area (Å²) in [5.74, 6) is -1.01. The highest BCUT2D eigenvalue weighted by Crippen LogP contribution is 2.24. The molecule has 0 radical (unpaired) electrons.